The van der Waals surface area contributed by atoms with Crippen LogP contribution in [0.1, 0.15) is 11.3 Å². The van der Waals surface area contributed by atoms with E-state index in [0.717, 1.165) is 27.7 Å². The van der Waals surface area contributed by atoms with Crippen LogP contribution in [0.2, 0.25) is 0 Å². The van der Waals surface area contributed by atoms with Gasteiger partial charge in [0.1, 0.15) is 5.82 Å². The van der Waals surface area contributed by atoms with Crippen LogP contribution in [0.15, 0.2) is 78.9 Å². The highest BCUT2D eigenvalue weighted by Gasteiger charge is 2.14. The third-order valence-corrected chi connectivity index (χ3v) is 4.68. The minimum atomic E-state index is -0.450. The van der Waals surface area contributed by atoms with Crippen molar-refractivity contribution in [2.45, 2.75) is 13.3 Å². The number of fused-ring (bicyclic) bond motifs is 1. The fourth-order valence-electron chi connectivity index (χ4n) is 3.33. The maximum Gasteiger partial charge on any atom is 0.310 e. The Morgan fingerprint density at radius 3 is 2.53 bits per heavy atom. The molecule has 6 heteroatoms. The van der Waals surface area contributed by atoms with Gasteiger partial charge in [-0.05, 0) is 35.4 Å². The third-order valence-electron chi connectivity index (χ3n) is 4.68. The molecule has 0 bridgehead atoms. The van der Waals surface area contributed by atoms with E-state index in [0.29, 0.717) is 5.82 Å². The number of aryl methyl sites for hydroxylation is 1. The maximum absolute atomic E-state index is 12.3. The fourth-order valence-corrected chi connectivity index (χ4v) is 3.33. The first-order valence-electron chi connectivity index (χ1n) is 9.64. The van der Waals surface area contributed by atoms with Crippen molar-refractivity contribution in [3.63, 3.8) is 0 Å². The Hall–Kier alpha value is -3.93. The Morgan fingerprint density at radius 1 is 0.967 bits per heavy atom. The number of hydrogen-bond acceptors (Lipinski definition) is 4. The van der Waals surface area contributed by atoms with Gasteiger partial charge in [0.2, 0.25) is 0 Å². The van der Waals surface area contributed by atoms with Gasteiger partial charge in [0, 0.05) is 6.07 Å². The van der Waals surface area contributed by atoms with Crippen LogP contribution < -0.4 is 5.32 Å². The summed E-state index contributed by atoms with van der Waals surface area (Å²) in [4.78, 5) is 24.6. The summed E-state index contributed by atoms with van der Waals surface area (Å²) in [5.74, 6) is -0.346. The molecule has 1 aromatic heterocycles. The number of para-hydroxylation sites is 1. The lowest BCUT2D eigenvalue weighted by Gasteiger charge is -2.10. The zero-order valence-corrected chi connectivity index (χ0v) is 16.5. The molecule has 3 aromatic carbocycles. The Bertz CT molecular complexity index is 1190. The van der Waals surface area contributed by atoms with E-state index in [-0.39, 0.29) is 13.0 Å². The summed E-state index contributed by atoms with van der Waals surface area (Å²) in [5.41, 5.74) is 2.47. The van der Waals surface area contributed by atoms with Crippen molar-refractivity contribution in [2.75, 3.05) is 11.9 Å². The monoisotopic (exact) mass is 399 g/mol. The zero-order chi connectivity index (χ0) is 20.9. The molecule has 0 spiro atoms. The van der Waals surface area contributed by atoms with Crippen LogP contribution >= 0.6 is 0 Å². The number of benzene rings is 3. The van der Waals surface area contributed by atoms with Gasteiger partial charge in [-0.2, -0.15) is 5.10 Å². The van der Waals surface area contributed by atoms with Gasteiger partial charge < -0.3 is 10.1 Å². The molecular formula is C24H21N3O3. The first-order chi connectivity index (χ1) is 14.6. The Balaban J connectivity index is 1.38. The summed E-state index contributed by atoms with van der Waals surface area (Å²) in [5, 5.41) is 9.23. The van der Waals surface area contributed by atoms with Crippen LogP contribution in [-0.4, -0.2) is 28.3 Å². The molecule has 0 atom stereocenters. The number of ether oxygens (including phenoxy) is 1. The number of carbonyl (C=O) groups is 2. The number of anilines is 1. The number of esters is 1. The second-order valence-corrected chi connectivity index (χ2v) is 6.94. The molecule has 0 fully saturated rings. The van der Waals surface area contributed by atoms with Crippen molar-refractivity contribution >= 4 is 28.5 Å². The van der Waals surface area contributed by atoms with E-state index in [4.69, 9.17) is 4.74 Å². The molecule has 0 aliphatic carbocycles. The van der Waals surface area contributed by atoms with Gasteiger partial charge >= 0.3 is 5.97 Å². The van der Waals surface area contributed by atoms with Crippen LogP contribution in [-0.2, 0) is 20.7 Å². The average Bonchev–Trinajstić information content (AvgIpc) is 3.13. The quantitative estimate of drug-likeness (QED) is 0.496. The SMILES string of the molecule is Cc1cc(NC(=O)COC(=O)Cc2cccc3ccccc23)n(-c2ccccc2)n1. The number of aromatic nitrogens is 2. The van der Waals surface area contributed by atoms with Crippen LogP contribution in [0.5, 0.6) is 0 Å². The van der Waals surface area contributed by atoms with E-state index in [1.54, 1.807) is 10.7 Å². The van der Waals surface area contributed by atoms with Gasteiger partial charge in [-0.25, -0.2) is 4.68 Å². The van der Waals surface area contributed by atoms with E-state index in [2.05, 4.69) is 10.4 Å². The molecule has 4 aromatic rings. The second kappa shape index (κ2) is 8.61. The minimum Gasteiger partial charge on any atom is -0.455 e. The highest BCUT2D eigenvalue weighted by molar-refractivity contribution is 5.93. The lowest BCUT2D eigenvalue weighted by atomic mass is 10.0. The molecule has 0 radical (unpaired) electrons. The maximum atomic E-state index is 12.3. The topological polar surface area (TPSA) is 73.2 Å². The lowest BCUT2D eigenvalue weighted by Crippen LogP contribution is -2.23. The van der Waals surface area contributed by atoms with Crippen LogP contribution in [0.4, 0.5) is 5.82 Å². The van der Waals surface area contributed by atoms with Crippen molar-refractivity contribution in [3.8, 4) is 5.69 Å². The van der Waals surface area contributed by atoms with Crippen molar-refractivity contribution in [1.29, 1.82) is 0 Å². The Labute approximate surface area is 174 Å². The minimum absolute atomic E-state index is 0.107. The number of rotatable bonds is 6. The van der Waals surface area contributed by atoms with E-state index in [9.17, 15) is 9.59 Å². The second-order valence-electron chi connectivity index (χ2n) is 6.94. The molecule has 6 nitrogen and oxygen atoms in total. The van der Waals surface area contributed by atoms with E-state index < -0.39 is 11.9 Å². The standard InChI is InChI=1S/C24H21N3O3/c1-17-14-22(27(26-17)20-11-3-2-4-12-20)25-23(28)16-30-24(29)15-19-10-7-9-18-8-5-6-13-21(18)19/h2-14H,15-16H2,1H3,(H,25,28). The number of amides is 1. The van der Waals surface area contributed by atoms with Gasteiger partial charge in [0.05, 0.1) is 17.8 Å². The van der Waals surface area contributed by atoms with Crippen LogP contribution in [0.3, 0.4) is 0 Å². The molecule has 0 aliphatic heterocycles. The molecule has 0 saturated heterocycles. The van der Waals surface area contributed by atoms with E-state index in [1.165, 1.54) is 0 Å². The number of hydrogen-bond donors (Lipinski definition) is 1. The molecule has 30 heavy (non-hydrogen) atoms. The predicted molar refractivity (Wildman–Crippen MR) is 116 cm³/mol. The summed E-state index contributed by atoms with van der Waals surface area (Å²) in [7, 11) is 0. The van der Waals surface area contributed by atoms with Gasteiger partial charge in [-0.3, -0.25) is 9.59 Å². The summed E-state index contributed by atoms with van der Waals surface area (Å²) in [6.07, 6.45) is 0.107. The third kappa shape index (κ3) is 4.38. The highest BCUT2D eigenvalue weighted by atomic mass is 16.5. The van der Waals surface area contributed by atoms with Gasteiger partial charge in [0.15, 0.2) is 6.61 Å². The summed E-state index contributed by atoms with van der Waals surface area (Å²) < 4.78 is 6.84. The lowest BCUT2D eigenvalue weighted by molar-refractivity contribution is -0.146. The molecule has 1 amide bonds. The molecule has 0 unspecified atom stereocenters. The molecule has 1 N–H and O–H groups in total. The molecule has 4 rings (SSSR count). The summed E-state index contributed by atoms with van der Waals surface area (Å²) in [6.45, 7) is 1.49. The van der Waals surface area contributed by atoms with Crippen molar-refractivity contribution < 1.29 is 14.3 Å². The first-order valence-corrected chi connectivity index (χ1v) is 9.64. The van der Waals surface area contributed by atoms with E-state index in [1.807, 2.05) is 79.7 Å². The van der Waals surface area contributed by atoms with Gasteiger partial charge in [-0.1, -0.05) is 60.7 Å². The largest absolute Gasteiger partial charge is 0.455 e. The first kappa shape index (κ1) is 19.4. The van der Waals surface area contributed by atoms with Crippen molar-refractivity contribution in [1.82, 2.24) is 9.78 Å². The van der Waals surface area contributed by atoms with Crippen LogP contribution in [0, 0.1) is 6.92 Å². The van der Waals surface area contributed by atoms with Crippen molar-refractivity contribution in [2.24, 2.45) is 0 Å². The molecular weight excluding hydrogens is 378 g/mol. The molecule has 0 aliphatic rings. The Kier molecular flexibility index (Phi) is 5.57. The number of nitrogens with one attached hydrogen (secondary N) is 1. The smallest absolute Gasteiger partial charge is 0.310 e. The fraction of sp³-hybridized carbons (Fsp3) is 0.125. The molecule has 1 heterocycles. The predicted octanol–water partition coefficient (Wildman–Crippen LogP) is 4.06. The zero-order valence-electron chi connectivity index (χ0n) is 16.5. The van der Waals surface area contributed by atoms with Crippen LogP contribution in [0.25, 0.3) is 16.5 Å². The Morgan fingerprint density at radius 2 is 1.70 bits per heavy atom. The number of carbonyl (C=O) groups excluding carboxylic acids is 2. The average molecular weight is 399 g/mol. The van der Waals surface area contributed by atoms with Crippen molar-refractivity contribution in [3.05, 3.63) is 90.1 Å². The number of nitrogens with zero attached hydrogens (tertiary/aromatic N) is 2. The van der Waals surface area contributed by atoms with Gasteiger partial charge in [-0.15, -0.1) is 0 Å². The molecule has 0 saturated carbocycles. The summed E-state index contributed by atoms with van der Waals surface area (Å²) in [6, 6.07) is 24.9. The highest BCUT2D eigenvalue weighted by Crippen LogP contribution is 2.19. The van der Waals surface area contributed by atoms with Gasteiger partial charge in [0.25, 0.3) is 5.91 Å². The summed E-state index contributed by atoms with van der Waals surface area (Å²) >= 11 is 0. The normalized spacial score (nSPS) is 10.7. The molecule has 150 valence electrons. The van der Waals surface area contributed by atoms with E-state index >= 15 is 0 Å².